The lowest BCUT2D eigenvalue weighted by Gasteiger charge is -2.19. The molecule has 0 spiro atoms. The van der Waals surface area contributed by atoms with Crippen LogP contribution in [0.1, 0.15) is 22.0 Å². The first-order chi connectivity index (χ1) is 12.4. The van der Waals surface area contributed by atoms with Crippen LogP contribution in [0.15, 0.2) is 36.4 Å². The van der Waals surface area contributed by atoms with Crippen LogP contribution in [0.2, 0.25) is 0 Å². The molecule has 26 heavy (non-hydrogen) atoms. The molecule has 138 valence electrons. The van der Waals surface area contributed by atoms with Gasteiger partial charge in [-0.2, -0.15) is 0 Å². The van der Waals surface area contributed by atoms with Crippen molar-refractivity contribution in [1.29, 1.82) is 0 Å². The molecule has 8 heteroatoms. The van der Waals surface area contributed by atoms with Gasteiger partial charge in [0.25, 0.3) is 5.91 Å². The average Bonchev–Trinajstić information content (AvgIpc) is 2.66. The molecule has 1 atom stereocenters. The number of ether oxygens (including phenoxy) is 2. The lowest BCUT2D eigenvalue weighted by atomic mass is 10.0. The minimum Gasteiger partial charge on any atom is -0.497 e. The van der Waals surface area contributed by atoms with Gasteiger partial charge in [0.1, 0.15) is 17.5 Å². The maximum absolute atomic E-state index is 13.5. The van der Waals surface area contributed by atoms with E-state index in [1.54, 1.807) is 6.07 Å². The number of halogens is 2. The maximum Gasteiger partial charge on any atom is 0.255 e. The molecule has 0 aliphatic rings. The monoisotopic (exact) mass is 364 g/mol. The van der Waals surface area contributed by atoms with Gasteiger partial charge in [-0.25, -0.2) is 8.78 Å². The SMILES string of the molecule is CNC(=O)C(NC(=O)c1ccc(OC)cc1OC)c1ccc(F)c(F)c1. The van der Waals surface area contributed by atoms with Crippen molar-refractivity contribution in [3.05, 3.63) is 59.2 Å². The number of nitrogens with one attached hydrogen (secondary N) is 2. The molecule has 0 radical (unpaired) electrons. The quantitative estimate of drug-likeness (QED) is 0.824. The molecule has 6 nitrogen and oxygen atoms in total. The first kappa shape index (κ1) is 19.2. The van der Waals surface area contributed by atoms with Crippen LogP contribution in [0.25, 0.3) is 0 Å². The second-order valence-corrected chi connectivity index (χ2v) is 5.26. The molecule has 2 aromatic carbocycles. The largest absolute Gasteiger partial charge is 0.497 e. The van der Waals surface area contributed by atoms with E-state index in [1.807, 2.05) is 0 Å². The van der Waals surface area contributed by atoms with Gasteiger partial charge < -0.3 is 20.1 Å². The Bertz CT molecular complexity index is 827. The van der Waals surface area contributed by atoms with Crippen LogP contribution >= 0.6 is 0 Å². The van der Waals surface area contributed by atoms with Crippen molar-refractivity contribution in [3.63, 3.8) is 0 Å². The van der Waals surface area contributed by atoms with Crippen molar-refractivity contribution in [2.45, 2.75) is 6.04 Å². The summed E-state index contributed by atoms with van der Waals surface area (Å²) in [4.78, 5) is 24.7. The minimum absolute atomic E-state index is 0.101. The molecule has 2 N–H and O–H groups in total. The number of carbonyl (C=O) groups is 2. The summed E-state index contributed by atoms with van der Waals surface area (Å²) >= 11 is 0. The fourth-order valence-corrected chi connectivity index (χ4v) is 2.33. The summed E-state index contributed by atoms with van der Waals surface area (Å²) in [6, 6.07) is 6.31. The van der Waals surface area contributed by atoms with E-state index in [-0.39, 0.29) is 16.9 Å². The number of hydrogen-bond acceptors (Lipinski definition) is 4. The van der Waals surface area contributed by atoms with Crippen LogP contribution in [-0.2, 0) is 4.79 Å². The Morgan fingerprint density at radius 1 is 1.00 bits per heavy atom. The van der Waals surface area contributed by atoms with E-state index >= 15 is 0 Å². The Labute approximate surface area is 149 Å². The van der Waals surface area contributed by atoms with Crippen molar-refractivity contribution < 1.29 is 27.8 Å². The first-order valence-corrected chi connectivity index (χ1v) is 7.60. The van der Waals surface area contributed by atoms with E-state index in [1.165, 1.54) is 39.5 Å². The second kappa shape index (κ2) is 8.28. The highest BCUT2D eigenvalue weighted by atomic mass is 19.2. The van der Waals surface area contributed by atoms with Crippen molar-refractivity contribution in [2.24, 2.45) is 0 Å². The number of hydrogen-bond donors (Lipinski definition) is 2. The van der Waals surface area contributed by atoms with Gasteiger partial charge in [0, 0.05) is 13.1 Å². The molecular weight excluding hydrogens is 346 g/mol. The number of carbonyl (C=O) groups excluding carboxylic acids is 2. The highest BCUT2D eigenvalue weighted by Crippen LogP contribution is 2.25. The number of benzene rings is 2. The van der Waals surface area contributed by atoms with E-state index in [9.17, 15) is 18.4 Å². The van der Waals surface area contributed by atoms with Gasteiger partial charge in [-0.05, 0) is 29.8 Å². The van der Waals surface area contributed by atoms with Crippen LogP contribution in [-0.4, -0.2) is 33.1 Å². The predicted molar refractivity (Wildman–Crippen MR) is 90.2 cm³/mol. The molecular formula is C18H18F2N2O4. The highest BCUT2D eigenvalue weighted by molar-refractivity contribution is 6.00. The Hall–Kier alpha value is -3.16. The van der Waals surface area contributed by atoms with Crippen LogP contribution in [0.4, 0.5) is 8.78 Å². The van der Waals surface area contributed by atoms with Gasteiger partial charge in [-0.1, -0.05) is 6.07 Å². The number of amides is 2. The third-order valence-electron chi connectivity index (χ3n) is 3.71. The minimum atomic E-state index is -1.21. The fourth-order valence-electron chi connectivity index (χ4n) is 2.33. The van der Waals surface area contributed by atoms with Crippen molar-refractivity contribution in [1.82, 2.24) is 10.6 Å². The molecule has 0 aromatic heterocycles. The third kappa shape index (κ3) is 4.08. The molecule has 0 aliphatic carbocycles. The van der Waals surface area contributed by atoms with E-state index < -0.39 is 29.5 Å². The highest BCUT2D eigenvalue weighted by Gasteiger charge is 2.25. The average molecular weight is 364 g/mol. The summed E-state index contributed by atoms with van der Waals surface area (Å²) in [7, 11) is 4.23. The number of rotatable bonds is 6. The molecule has 1 unspecified atom stereocenters. The molecule has 0 heterocycles. The molecule has 0 fully saturated rings. The van der Waals surface area contributed by atoms with Gasteiger partial charge in [-0.3, -0.25) is 9.59 Å². The third-order valence-corrected chi connectivity index (χ3v) is 3.71. The van der Waals surface area contributed by atoms with Crippen molar-refractivity contribution in [2.75, 3.05) is 21.3 Å². The van der Waals surface area contributed by atoms with Crippen molar-refractivity contribution in [3.8, 4) is 11.5 Å². The zero-order valence-corrected chi connectivity index (χ0v) is 14.4. The van der Waals surface area contributed by atoms with Gasteiger partial charge in [0.2, 0.25) is 5.91 Å². The van der Waals surface area contributed by atoms with Gasteiger partial charge in [0.05, 0.1) is 19.8 Å². The normalized spacial score (nSPS) is 11.4. The van der Waals surface area contributed by atoms with E-state index in [0.717, 1.165) is 12.1 Å². The first-order valence-electron chi connectivity index (χ1n) is 7.60. The summed E-state index contributed by atoms with van der Waals surface area (Å²) in [5.41, 5.74) is 0.258. The topological polar surface area (TPSA) is 76.7 Å². The Balaban J connectivity index is 2.35. The Kier molecular flexibility index (Phi) is 6.11. The van der Waals surface area contributed by atoms with Crippen molar-refractivity contribution >= 4 is 11.8 Å². The Morgan fingerprint density at radius 2 is 1.73 bits per heavy atom. The van der Waals surface area contributed by atoms with Crippen LogP contribution in [0, 0.1) is 11.6 Å². The smallest absolute Gasteiger partial charge is 0.255 e. The predicted octanol–water partition coefficient (Wildman–Crippen LogP) is 2.20. The summed E-state index contributed by atoms with van der Waals surface area (Å²) < 4.78 is 36.9. The Morgan fingerprint density at radius 3 is 2.31 bits per heavy atom. The second-order valence-electron chi connectivity index (χ2n) is 5.26. The van der Waals surface area contributed by atoms with Gasteiger partial charge in [0.15, 0.2) is 11.6 Å². The van der Waals surface area contributed by atoms with E-state index in [0.29, 0.717) is 5.75 Å². The number of likely N-dealkylation sites (N-methyl/N-ethyl adjacent to an activating group) is 1. The molecule has 0 saturated heterocycles. The van der Waals surface area contributed by atoms with E-state index in [2.05, 4.69) is 10.6 Å². The zero-order chi connectivity index (χ0) is 19.3. The standard InChI is InChI=1S/C18H18F2N2O4/c1-21-18(24)16(10-4-7-13(19)14(20)8-10)22-17(23)12-6-5-11(25-2)9-15(12)26-3/h4-9,16H,1-3H3,(H,21,24)(H,22,23). The van der Waals surface area contributed by atoms with Crippen LogP contribution in [0.5, 0.6) is 11.5 Å². The van der Waals surface area contributed by atoms with Gasteiger partial charge >= 0.3 is 0 Å². The molecule has 0 bridgehead atoms. The summed E-state index contributed by atoms with van der Waals surface area (Å²) in [6.07, 6.45) is 0. The number of methoxy groups -OCH3 is 2. The summed E-state index contributed by atoms with van der Waals surface area (Å²) in [5, 5.41) is 4.88. The lowest BCUT2D eigenvalue weighted by Crippen LogP contribution is -2.39. The zero-order valence-electron chi connectivity index (χ0n) is 14.4. The maximum atomic E-state index is 13.5. The summed E-state index contributed by atoms with van der Waals surface area (Å²) in [6.45, 7) is 0. The molecule has 2 rings (SSSR count). The van der Waals surface area contributed by atoms with E-state index in [4.69, 9.17) is 9.47 Å². The van der Waals surface area contributed by atoms with Crippen LogP contribution in [0.3, 0.4) is 0 Å². The molecule has 2 amide bonds. The molecule has 0 aliphatic heterocycles. The van der Waals surface area contributed by atoms with Crippen LogP contribution < -0.4 is 20.1 Å². The molecule has 2 aromatic rings. The summed E-state index contributed by atoms with van der Waals surface area (Å²) in [5.74, 6) is -2.65. The fraction of sp³-hybridized carbons (Fsp3) is 0.222. The lowest BCUT2D eigenvalue weighted by molar-refractivity contribution is -0.122. The van der Waals surface area contributed by atoms with Gasteiger partial charge in [-0.15, -0.1) is 0 Å². The molecule has 0 saturated carbocycles.